The molecule has 1 aromatic rings. The zero-order valence-electron chi connectivity index (χ0n) is 8.31. The molecule has 4 heteroatoms. The third kappa shape index (κ3) is 2.41. The van der Waals surface area contributed by atoms with E-state index in [2.05, 4.69) is 4.98 Å². The van der Waals surface area contributed by atoms with Crippen LogP contribution in [0.5, 0.6) is 0 Å². The predicted molar refractivity (Wildman–Crippen MR) is 52.9 cm³/mol. The van der Waals surface area contributed by atoms with Crippen molar-refractivity contribution in [3.63, 3.8) is 0 Å². The highest BCUT2D eigenvalue weighted by Crippen LogP contribution is 2.30. The summed E-state index contributed by atoms with van der Waals surface area (Å²) in [5.74, 6) is 0. The molecule has 78 valence electrons. The van der Waals surface area contributed by atoms with Crippen LogP contribution in [0.4, 0.5) is 8.78 Å². The molecule has 0 saturated heterocycles. The number of halogens is 3. The van der Waals surface area contributed by atoms with Gasteiger partial charge in [-0.25, -0.2) is 8.78 Å². The number of rotatable bonds is 1. The summed E-state index contributed by atoms with van der Waals surface area (Å²) in [5.41, 5.74) is 0.282. The number of hydrogen-bond donors (Lipinski definition) is 0. The minimum atomic E-state index is -2.52. The molecule has 0 aliphatic carbocycles. The van der Waals surface area contributed by atoms with Crippen LogP contribution in [0.2, 0.25) is 5.02 Å². The van der Waals surface area contributed by atoms with Gasteiger partial charge in [-0.2, -0.15) is 0 Å². The average Bonchev–Trinajstić information content (AvgIpc) is 2.01. The van der Waals surface area contributed by atoms with Crippen LogP contribution in [0, 0.1) is 0 Å². The van der Waals surface area contributed by atoms with Crippen molar-refractivity contribution >= 4 is 11.6 Å². The number of pyridine rings is 1. The molecule has 0 aliphatic rings. The Balaban J connectivity index is 3.15. The minimum Gasteiger partial charge on any atom is -0.259 e. The number of nitrogens with zero attached hydrogens (tertiary/aromatic N) is 1. The Bertz CT molecular complexity index is 331. The Morgan fingerprint density at radius 2 is 1.93 bits per heavy atom. The molecule has 1 heterocycles. The van der Waals surface area contributed by atoms with E-state index in [4.69, 9.17) is 11.6 Å². The van der Waals surface area contributed by atoms with E-state index in [0.717, 1.165) is 0 Å². The van der Waals surface area contributed by atoms with Crippen LogP contribution in [0.25, 0.3) is 0 Å². The molecule has 0 amide bonds. The van der Waals surface area contributed by atoms with Gasteiger partial charge in [0, 0.05) is 17.2 Å². The van der Waals surface area contributed by atoms with Crippen molar-refractivity contribution in [1.29, 1.82) is 0 Å². The summed E-state index contributed by atoms with van der Waals surface area (Å²) in [6.45, 7) is 5.80. The van der Waals surface area contributed by atoms with E-state index in [1.807, 2.05) is 20.8 Å². The molecule has 0 spiro atoms. The highest BCUT2D eigenvalue weighted by Gasteiger charge is 2.20. The monoisotopic (exact) mass is 219 g/mol. The lowest BCUT2D eigenvalue weighted by molar-refractivity contribution is 0.151. The van der Waals surface area contributed by atoms with Crippen LogP contribution >= 0.6 is 11.6 Å². The van der Waals surface area contributed by atoms with Crippen molar-refractivity contribution < 1.29 is 8.78 Å². The molecule has 14 heavy (non-hydrogen) atoms. The van der Waals surface area contributed by atoms with Crippen LogP contribution in [0.1, 0.15) is 38.5 Å². The highest BCUT2D eigenvalue weighted by atomic mass is 35.5. The van der Waals surface area contributed by atoms with Gasteiger partial charge < -0.3 is 0 Å². The average molecular weight is 220 g/mol. The maximum Gasteiger partial charge on any atom is 0.265 e. The Kier molecular flexibility index (Phi) is 3.10. The highest BCUT2D eigenvalue weighted by molar-refractivity contribution is 6.31. The molecule has 0 fully saturated rings. The quantitative estimate of drug-likeness (QED) is 0.697. The summed E-state index contributed by atoms with van der Waals surface area (Å²) in [5, 5.41) is 0.301. The summed E-state index contributed by atoms with van der Waals surface area (Å²) in [4.78, 5) is 3.96. The fourth-order valence-corrected chi connectivity index (χ4v) is 1.58. The Morgan fingerprint density at radius 3 is 2.29 bits per heavy atom. The van der Waals surface area contributed by atoms with Crippen molar-refractivity contribution in [3.8, 4) is 0 Å². The van der Waals surface area contributed by atoms with Gasteiger partial charge in [0.05, 0.1) is 10.7 Å². The zero-order chi connectivity index (χ0) is 10.9. The smallest absolute Gasteiger partial charge is 0.259 e. The van der Waals surface area contributed by atoms with E-state index in [1.165, 1.54) is 12.3 Å². The third-order valence-electron chi connectivity index (χ3n) is 1.82. The molecule has 0 saturated carbocycles. The van der Waals surface area contributed by atoms with Gasteiger partial charge in [-0.1, -0.05) is 32.4 Å². The van der Waals surface area contributed by atoms with Gasteiger partial charge in [-0.15, -0.1) is 0 Å². The first-order chi connectivity index (χ1) is 6.32. The van der Waals surface area contributed by atoms with Crippen LogP contribution in [-0.2, 0) is 5.41 Å². The van der Waals surface area contributed by atoms with Gasteiger partial charge in [0.15, 0.2) is 0 Å². The first-order valence-electron chi connectivity index (χ1n) is 4.26. The van der Waals surface area contributed by atoms with Crippen LogP contribution in [0.3, 0.4) is 0 Å². The molecule has 0 aromatic carbocycles. The second kappa shape index (κ2) is 3.81. The molecule has 1 nitrogen and oxygen atoms in total. The maximum atomic E-state index is 12.3. The second-order valence-electron chi connectivity index (χ2n) is 4.15. The van der Waals surface area contributed by atoms with E-state index >= 15 is 0 Å². The fourth-order valence-electron chi connectivity index (χ4n) is 1.12. The summed E-state index contributed by atoms with van der Waals surface area (Å²) >= 11 is 5.86. The zero-order valence-corrected chi connectivity index (χ0v) is 9.07. The van der Waals surface area contributed by atoms with E-state index < -0.39 is 6.43 Å². The summed E-state index contributed by atoms with van der Waals surface area (Å²) < 4.78 is 24.6. The lowest BCUT2D eigenvalue weighted by Crippen LogP contribution is -2.14. The van der Waals surface area contributed by atoms with Gasteiger partial charge in [0.1, 0.15) is 0 Å². The van der Waals surface area contributed by atoms with E-state index in [0.29, 0.717) is 10.7 Å². The molecular weight excluding hydrogens is 208 g/mol. The van der Waals surface area contributed by atoms with Gasteiger partial charge in [-0.3, -0.25) is 4.98 Å². The topological polar surface area (TPSA) is 12.9 Å². The summed E-state index contributed by atoms with van der Waals surface area (Å²) in [7, 11) is 0. The number of hydrogen-bond acceptors (Lipinski definition) is 1. The molecule has 0 N–H and O–H groups in total. The van der Waals surface area contributed by atoms with Gasteiger partial charge in [0.25, 0.3) is 6.43 Å². The van der Waals surface area contributed by atoms with E-state index in [9.17, 15) is 8.78 Å². The van der Waals surface area contributed by atoms with Crippen LogP contribution in [-0.4, -0.2) is 4.98 Å². The van der Waals surface area contributed by atoms with Crippen molar-refractivity contribution in [2.24, 2.45) is 0 Å². The lowest BCUT2D eigenvalue weighted by Gasteiger charge is -2.19. The SMILES string of the molecule is CC(C)(C)c1ncc(C(F)F)cc1Cl. The molecule has 0 bridgehead atoms. The first kappa shape index (κ1) is 11.4. The third-order valence-corrected chi connectivity index (χ3v) is 2.11. The minimum absolute atomic E-state index is 0.136. The van der Waals surface area contributed by atoms with Crippen LogP contribution in [0.15, 0.2) is 12.3 Å². The second-order valence-corrected chi connectivity index (χ2v) is 4.56. The molecule has 0 aliphatic heterocycles. The Morgan fingerprint density at radius 1 is 1.36 bits per heavy atom. The fraction of sp³-hybridized carbons (Fsp3) is 0.500. The maximum absolute atomic E-state index is 12.3. The number of alkyl halides is 2. The Labute approximate surface area is 87.1 Å². The Hall–Kier alpha value is -0.700. The van der Waals surface area contributed by atoms with Gasteiger partial charge >= 0.3 is 0 Å². The van der Waals surface area contributed by atoms with Crippen molar-refractivity contribution in [2.75, 3.05) is 0 Å². The largest absolute Gasteiger partial charge is 0.265 e. The lowest BCUT2D eigenvalue weighted by atomic mass is 9.91. The first-order valence-corrected chi connectivity index (χ1v) is 4.64. The number of aromatic nitrogens is 1. The van der Waals surface area contributed by atoms with Crippen LogP contribution < -0.4 is 0 Å². The van der Waals surface area contributed by atoms with Gasteiger partial charge in [0.2, 0.25) is 0 Å². The predicted octanol–water partition coefficient (Wildman–Crippen LogP) is 3.97. The molecule has 0 radical (unpaired) electrons. The molecule has 0 unspecified atom stereocenters. The van der Waals surface area contributed by atoms with E-state index in [1.54, 1.807) is 0 Å². The molecular formula is C10H12ClF2N. The standard InChI is InChI=1S/C10H12ClF2N/c1-10(2,3)8-7(11)4-6(5-14-8)9(12)13/h4-5,9H,1-3H3. The van der Waals surface area contributed by atoms with E-state index in [-0.39, 0.29) is 11.0 Å². The summed E-state index contributed by atoms with van der Waals surface area (Å²) in [6.07, 6.45) is -1.34. The summed E-state index contributed by atoms with van der Waals surface area (Å²) in [6, 6.07) is 1.28. The van der Waals surface area contributed by atoms with Crippen molar-refractivity contribution in [3.05, 3.63) is 28.5 Å². The van der Waals surface area contributed by atoms with Crippen molar-refractivity contribution in [2.45, 2.75) is 32.6 Å². The molecule has 1 rings (SSSR count). The normalized spacial score (nSPS) is 12.2. The molecule has 1 aromatic heterocycles. The van der Waals surface area contributed by atoms with Gasteiger partial charge in [-0.05, 0) is 6.07 Å². The van der Waals surface area contributed by atoms with Crippen molar-refractivity contribution in [1.82, 2.24) is 4.98 Å². The molecule has 0 atom stereocenters.